The Labute approximate surface area is 126 Å². The first-order chi connectivity index (χ1) is 9.69. The molecular formula is C11H18N2O6S2. The number of carboxylic acid groups (broad SMARTS) is 1. The Balaban J connectivity index is 2.37. The minimum atomic E-state index is -3.00. The van der Waals surface area contributed by atoms with Crippen LogP contribution in [0.1, 0.15) is 19.3 Å². The fourth-order valence-corrected chi connectivity index (χ4v) is 5.32. The van der Waals surface area contributed by atoms with Crippen LogP contribution in [0.15, 0.2) is 0 Å². The molecule has 1 aliphatic heterocycles. The van der Waals surface area contributed by atoms with E-state index in [0.717, 1.165) is 0 Å². The van der Waals surface area contributed by atoms with Crippen molar-refractivity contribution in [1.29, 1.82) is 0 Å². The van der Waals surface area contributed by atoms with Crippen molar-refractivity contribution in [3.05, 3.63) is 0 Å². The second-order valence-corrected chi connectivity index (χ2v) is 8.32. The van der Waals surface area contributed by atoms with E-state index in [1.54, 1.807) is 0 Å². The van der Waals surface area contributed by atoms with Gasteiger partial charge in [-0.15, -0.1) is 11.8 Å². The van der Waals surface area contributed by atoms with Crippen molar-refractivity contribution in [2.75, 3.05) is 17.3 Å². The van der Waals surface area contributed by atoms with Crippen molar-refractivity contribution in [3.8, 4) is 0 Å². The normalized spacial score (nSPS) is 21.6. The lowest BCUT2D eigenvalue weighted by atomic mass is 10.1. The lowest BCUT2D eigenvalue weighted by molar-refractivity contribution is -0.141. The van der Waals surface area contributed by atoms with Crippen LogP contribution in [0.2, 0.25) is 0 Å². The molecule has 4 N–H and O–H groups in total. The van der Waals surface area contributed by atoms with Gasteiger partial charge in [0.15, 0.2) is 9.84 Å². The summed E-state index contributed by atoms with van der Waals surface area (Å²) in [6.45, 7) is 0. The molecule has 0 spiro atoms. The largest absolute Gasteiger partial charge is 0.480 e. The van der Waals surface area contributed by atoms with Crippen molar-refractivity contribution < 1.29 is 27.9 Å². The summed E-state index contributed by atoms with van der Waals surface area (Å²) in [5.41, 5.74) is 4.93. The molecule has 0 saturated carbocycles. The van der Waals surface area contributed by atoms with Crippen LogP contribution in [0.4, 0.5) is 0 Å². The van der Waals surface area contributed by atoms with E-state index in [4.69, 9.17) is 10.8 Å². The number of amides is 2. The summed E-state index contributed by atoms with van der Waals surface area (Å²) in [5.74, 6) is -2.21. The fourth-order valence-electron chi connectivity index (χ4n) is 1.87. The van der Waals surface area contributed by atoms with Gasteiger partial charge in [0, 0.05) is 11.7 Å². The maximum atomic E-state index is 11.7. The van der Waals surface area contributed by atoms with E-state index in [1.807, 2.05) is 0 Å². The van der Waals surface area contributed by atoms with Gasteiger partial charge in [-0.1, -0.05) is 0 Å². The average Bonchev–Trinajstić information content (AvgIpc) is 2.71. The molecule has 1 aliphatic rings. The number of carboxylic acids is 1. The number of rotatable bonds is 8. The van der Waals surface area contributed by atoms with Crippen molar-refractivity contribution in [2.45, 2.75) is 30.6 Å². The van der Waals surface area contributed by atoms with Gasteiger partial charge in [0.1, 0.15) is 6.04 Å². The summed E-state index contributed by atoms with van der Waals surface area (Å²) < 4.78 is 22.5. The second-order valence-electron chi connectivity index (χ2n) is 4.80. The highest BCUT2D eigenvalue weighted by atomic mass is 32.2. The standard InChI is InChI=1S/C11H18N2O6S2/c12-9(14)2-1-8(11(16)17)13-10(15)5-20-7-3-4-21(18,19)6-7/h7-8H,1-6H2,(H2,12,14)(H,13,15)(H,16,17). The summed E-state index contributed by atoms with van der Waals surface area (Å²) in [6.07, 6.45) is 0.300. The molecule has 8 nitrogen and oxygen atoms in total. The molecule has 1 heterocycles. The first-order valence-corrected chi connectivity index (χ1v) is 9.19. The molecular weight excluding hydrogens is 320 g/mol. The van der Waals surface area contributed by atoms with Crippen molar-refractivity contribution in [3.63, 3.8) is 0 Å². The Morgan fingerprint density at radius 2 is 2.05 bits per heavy atom. The molecule has 21 heavy (non-hydrogen) atoms. The van der Waals surface area contributed by atoms with Gasteiger partial charge in [0.05, 0.1) is 17.3 Å². The third kappa shape index (κ3) is 6.80. The maximum absolute atomic E-state index is 11.7. The van der Waals surface area contributed by atoms with Gasteiger partial charge in [-0.3, -0.25) is 9.59 Å². The first-order valence-electron chi connectivity index (χ1n) is 6.32. The summed E-state index contributed by atoms with van der Waals surface area (Å²) in [4.78, 5) is 33.2. The molecule has 120 valence electrons. The number of primary amides is 1. The zero-order valence-electron chi connectivity index (χ0n) is 11.3. The molecule has 10 heteroatoms. The number of aliphatic carboxylic acids is 1. The number of hydrogen-bond acceptors (Lipinski definition) is 6. The molecule has 2 atom stereocenters. The topological polar surface area (TPSA) is 144 Å². The van der Waals surface area contributed by atoms with E-state index in [1.165, 1.54) is 11.8 Å². The molecule has 0 aromatic rings. The molecule has 1 rings (SSSR count). The highest BCUT2D eigenvalue weighted by Crippen LogP contribution is 2.23. The number of carbonyl (C=O) groups is 3. The minimum Gasteiger partial charge on any atom is -0.480 e. The molecule has 0 bridgehead atoms. The molecule has 0 aliphatic carbocycles. The van der Waals surface area contributed by atoms with E-state index in [2.05, 4.69) is 5.32 Å². The second kappa shape index (κ2) is 7.64. The molecule has 2 amide bonds. The van der Waals surface area contributed by atoms with Crippen LogP contribution in [0.25, 0.3) is 0 Å². The molecule has 0 radical (unpaired) electrons. The Bertz CT molecular complexity index is 519. The SMILES string of the molecule is NC(=O)CCC(NC(=O)CSC1CCS(=O)(=O)C1)C(=O)O. The summed E-state index contributed by atoms with van der Waals surface area (Å²) in [6, 6.07) is -1.17. The third-order valence-corrected chi connectivity index (χ3v) is 6.24. The fraction of sp³-hybridized carbons (Fsp3) is 0.727. The van der Waals surface area contributed by atoms with Gasteiger partial charge < -0.3 is 16.2 Å². The lowest BCUT2D eigenvalue weighted by Crippen LogP contribution is -2.42. The number of hydrogen-bond donors (Lipinski definition) is 3. The summed E-state index contributed by atoms with van der Waals surface area (Å²) >= 11 is 1.20. The molecule has 1 fully saturated rings. The van der Waals surface area contributed by atoms with Gasteiger partial charge in [-0.05, 0) is 12.8 Å². The van der Waals surface area contributed by atoms with E-state index >= 15 is 0 Å². The van der Waals surface area contributed by atoms with Crippen LogP contribution >= 0.6 is 11.8 Å². The number of carbonyl (C=O) groups excluding carboxylic acids is 2. The van der Waals surface area contributed by atoms with E-state index < -0.39 is 33.7 Å². The van der Waals surface area contributed by atoms with Crippen LogP contribution in [0.3, 0.4) is 0 Å². The molecule has 2 unspecified atom stereocenters. The summed E-state index contributed by atoms with van der Waals surface area (Å²) in [7, 11) is -3.00. The lowest BCUT2D eigenvalue weighted by Gasteiger charge is -2.14. The zero-order valence-corrected chi connectivity index (χ0v) is 12.9. The number of nitrogens with one attached hydrogen (secondary N) is 1. The van der Waals surface area contributed by atoms with Crippen LogP contribution in [0, 0.1) is 0 Å². The highest BCUT2D eigenvalue weighted by Gasteiger charge is 2.29. The number of sulfone groups is 1. The van der Waals surface area contributed by atoms with Gasteiger partial charge >= 0.3 is 5.97 Å². The maximum Gasteiger partial charge on any atom is 0.326 e. The Morgan fingerprint density at radius 3 is 2.52 bits per heavy atom. The average molecular weight is 338 g/mol. The molecule has 1 saturated heterocycles. The highest BCUT2D eigenvalue weighted by molar-refractivity contribution is 8.02. The quantitative estimate of drug-likeness (QED) is 0.501. The van der Waals surface area contributed by atoms with Crippen molar-refractivity contribution >= 4 is 39.4 Å². The van der Waals surface area contributed by atoms with Crippen LogP contribution < -0.4 is 11.1 Å². The predicted octanol–water partition coefficient (Wildman–Crippen LogP) is -1.26. The van der Waals surface area contributed by atoms with Crippen molar-refractivity contribution in [1.82, 2.24) is 5.32 Å². The Hall–Kier alpha value is -1.29. The van der Waals surface area contributed by atoms with Crippen molar-refractivity contribution in [2.24, 2.45) is 5.73 Å². The van der Waals surface area contributed by atoms with Gasteiger partial charge in [-0.25, -0.2) is 13.2 Å². The molecule has 0 aromatic carbocycles. The summed E-state index contributed by atoms with van der Waals surface area (Å²) in [5, 5.41) is 11.1. The van der Waals surface area contributed by atoms with Crippen LogP contribution in [-0.4, -0.2) is 59.9 Å². The van der Waals surface area contributed by atoms with E-state index in [-0.39, 0.29) is 35.4 Å². The number of thioether (sulfide) groups is 1. The minimum absolute atomic E-state index is 0.0134. The zero-order chi connectivity index (χ0) is 16.0. The Morgan fingerprint density at radius 1 is 1.38 bits per heavy atom. The van der Waals surface area contributed by atoms with Gasteiger partial charge in [0.25, 0.3) is 0 Å². The monoisotopic (exact) mass is 338 g/mol. The Kier molecular flexibility index (Phi) is 6.46. The molecule has 0 aromatic heterocycles. The van der Waals surface area contributed by atoms with Crippen LogP contribution in [-0.2, 0) is 24.2 Å². The first kappa shape index (κ1) is 17.8. The third-order valence-electron chi connectivity index (χ3n) is 2.95. The van der Waals surface area contributed by atoms with Gasteiger partial charge in [-0.2, -0.15) is 0 Å². The van der Waals surface area contributed by atoms with Crippen LogP contribution in [0.5, 0.6) is 0 Å². The smallest absolute Gasteiger partial charge is 0.326 e. The van der Waals surface area contributed by atoms with Gasteiger partial charge in [0.2, 0.25) is 11.8 Å². The van der Waals surface area contributed by atoms with E-state index in [9.17, 15) is 22.8 Å². The van der Waals surface area contributed by atoms with E-state index in [0.29, 0.717) is 6.42 Å². The number of nitrogens with two attached hydrogens (primary N) is 1. The predicted molar refractivity (Wildman–Crippen MR) is 77.5 cm³/mol.